The number of pyridine rings is 1. The zero-order valence-electron chi connectivity index (χ0n) is 13.6. The van der Waals surface area contributed by atoms with Crippen molar-refractivity contribution in [2.45, 2.75) is 12.8 Å². The van der Waals surface area contributed by atoms with Gasteiger partial charge in [-0.1, -0.05) is 36.4 Å². The second-order valence-electron chi connectivity index (χ2n) is 5.78. The molecule has 0 unspecified atom stereocenters. The van der Waals surface area contributed by atoms with Gasteiger partial charge in [0.05, 0.1) is 12.4 Å². The summed E-state index contributed by atoms with van der Waals surface area (Å²) in [5, 5.41) is 4.75. The Labute approximate surface area is 159 Å². The third-order valence-corrected chi connectivity index (χ3v) is 4.58. The average molecular weight is 448 g/mol. The van der Waals surface area contributed by atoms with E-state index in [2.05, 4.69) is 45.0 Å². The quantitative estimate of drug-likeness (QED) is 0.445. The lowest BCUT2D eigenvalue weighted by Crippen LogP contribution is -2.26. The van der Waals surface area contributed by atoms with Crippen LogP contribution in [0, 0.1) is 3.57 Å². The monoisotopic (exact) mass is 448 g/mol. The number of nitrogens with one attached hydrogen (secondary N) is 1. The highest BCUT2D eigenvalue weighted by Crippen LogP contribution is 2.22. The van der Waals surface area contributed by atoms with Crippen LogP contribution in [-0.2, 0) is 6.42 Å². The van der Waals surface area contributed by atoms with Crippen molar-refractivity contribution in [1.82, 2.24) is 10.3 Å². The van der Waals surface area contributed by atoms with Crippen LogP contribution < -0.4 is 5.32 Å². The van der Waals surface area contributed by atoms with E-state index in [9.17, 15) is 9.18 Å². The molecule has 2 aromatic carbocycles. The molecule has 3 aromatic rings. The SMILES string of the molecule is O=C(NCCCF)c1cc2ccccc2c(Cc2cccc(I)c2)n1. The van der Waals surface area contributed by atoms with E-state index in [-0.39, 0.29) is 5.91 Å². The highest BCUT2D eigenvalue weighted by atomic mass is 127. The van der Waals surface area contributed by atoms with Crippen molar-refractivity contribution in [3.8, 4) is 0 Å². The number of rotatable bonds is 6. The standard InChI is InChI=1S/C20H18FIN2O/c21-9-4-10-23-20(25)19-13-15-6-1-2-8-17(15)18(24-19)12-14-5-3-7-16(22)11-14/h1-3,5-8,11,13H,4,9-10,12H2,(H,23,25). The Bertz CT molecular complexity index is 898. The lowest BCUT2D eigenvalue weighted by molar-refractivity contribution is 0.0947. The van der Waals surface area contributed by atoms with Crippen molar-refractivity contribution in [1.29, 1.82) is 0 Å². The molecule has 1 amide bonds. The van der Waals surface area contributed by atoms with Crippen molar-refractivity contribution in [3.05, 3.63) is 75.1 Å². The number of fused-ring (bicyclic) bond motifs is 1. The molecule has 1 aromatic heterocycles. The molecule has 0 spiro atoms. The number of hydrogen-bond donors (Lipinski definition) is 1. The lowest BCUT2D eigenvalue weighted by atomic mass is 10.0. The maximum Gasteiger partial charge on any atom is 0.269 e. The van der Waals surface area contributed by atoms with Crippen molar-refractivity contribution in [2.75, 3.05) is 13.2 Å². The van der Waals surface area contributed by atoms with E-state index >= 15 is 0 Å². The summed E-state index contributed by atoms with van der Waals surface area (Å²) in [5.74, 6) is -0.261. The molecule has 0 aliphatic heterocycles. The molecular formula is C20H18FIN2O. The number of carbonyl (C=O) groups excluding carboxylic acids is 1. The van der Waals surface area contributed by atoms with Crippen LogP contribution in [0.4, 0.5) is 4.39 Å². The van der Waals surface area contributed by atoms with Crippen LogP contribution in [0.15, 0.2) is 54.6 Å². The second kappa shape index (κ2) is 8.38. The molecule has 3 nitrogen and oxygen atoms in total. The number of amides is 1. The number of aromatic nitrogens is 1. The fourth-order valence-corrected chi connectivity index (χ4v) is 3.33. The van der Waals surface area contributed by atoms with Crippen LogP contribution in [0.25, 0.3) is 10.8 Å². The summed E-state index contributed by atoms with van der Waals surface area (Å²) in [7, 11) is 0. The van der Waals surface area contributed by atoms with E-state index in [1.165, 1.54) is 3.57 Å². The first-order valence-electron chi connectivity index (χ1n) is 8.14. The summed E-state index contributed by atoms with van der Waals surface area (Å²) < 4.78 is 13.4. The predicted molar refractivity (Wildman–Crippen MR) is 107 cm³/mol. The molecule has 128 valence electrons. The average Bonchev–Trinajstić information content (AvgIpc) is 2.62. The van der Waals surface area contributed by atoms with Crippen molar-refractivity contribution in [2.24, 2.45) is 0 Å². The predicted octanol–water partition coefficient (Wildman–Crippen LogP) is 4.52. The zero-order valence-corrected chi connectivity index (χ0v) is 15.8. The Hall–Kier alpha value is -2.02. The highest BCUT2D eigenvalue weighted by Gasteiger charge is 2.12. The zero-order chi connectivity index (χ0) is 17.6. The van der Waals surface area contributed by atoms with Crippen LogP contribution in [0.3, 0.4) is 0 Å². The van der Waals surface area contributed by atoms with Gasteiger partial charge >= 0.3 is 0 Å². The Morgan fingerprint density at radius 2 is 1.96 bits per heavy atom. The van der Waals surface area contributed by atoms with Gasteiger partial charge in [-0.2, -0.15) is 0 Å². The molecule has 0 saturated carbocycles. The van der Waals surface area contributed by atoms with Gasteiger partial charge in [0.25, 0.3) is 5.91 Å². The Balaban J connectivity index is 1.96. The Morgan fingerprint density at radius 3 is 2.76 bits per heavy atom. The number of hydrogen-bond acceptors (Lipinski definition) is 2. The van der Waals surface area contributed by atoms with E-state index in [1.807, 2.05) is 36.4 Å². The van der Waals surface area contributed by atoms with Crippen LogP contribution in [0.2, 0.25) is 0 Å². The molecule has 0 aliphatic carbocycles. The van der Waals surface area contributed by atoms with Gasteiger partial charge in [0.2, 0.25) is 0 Å². The molecule has 0 saturated heterocycles. The Morgan fingerprint density at radius 1 is 1.12 bits per heavy atom. The molecule has 1 heterocycles. The molecule has 0 aliphatic rings. The third kappa shape index (κ3) is 4.54. The first-order valence-corrected chi connectivity index (χ1v) is 9.22. The number of carbonyl (C=O) groups is 1. The molecule has 0 radical (unpaired) electrons. The molecule has 1 N–H and O–H groups in total. The highest BCUT2D eigenvalue weighted by molar-refractivity contribution is 14.1. The Kier molecular flexibility index (Phi) is 5.96. The van der Waals surface area contributed by atoms with Crippen molar-refractivity contribution >= 4 is 39.3 Å². The van der Waals surface area contributed by atoms with Crippen LogP contribution in [0.1, 0.15) is 28.2 Å². The van der Waals surface area contributed by atoms with E-state index < -0.39 is 6.67 Å². The molecular weight excluding hydrogens is 430 g/mol. The van der Waals surface area contributed by atoms with Crippen LogP contribution >= 0.6 is 22.6 Å². The van der Waals surface area contributed by atoms with Gasteiger partial charge < -0.3 is 5.32 Å². The van der Waals surface area contributed by atoms with Crippen LogP contribution in [-0.4, -0.2) is 24.1 Å². The number of halogens is 2. The maximum atomic E-state index is 12.3. The third-order valence-electron chi connectivity index (χ3n) is 3.91. The summed E-state index contributed by atoms with van der Waals surface area (Å²) >= 11 is 2.29. The van der Waals surface area contributed by atoms with Gasteiger partial charge in [-0.05, 0) is 58.2 Å². The topological polar surface area (TPSA) is 42.0 Å². The molecule has 3 rings (SSSR count). The summed E-state index contributed by atoms with van der Waals surface area (Å²) in [6.07, 6.45) is 0.970. The smallest absolute Gasteiger partial charge is 0.269 e. The fraction of sp³-hybridized carbons (Fsp3) is 0.200. The number of alkyl halides is 1. The van der Waals surface area contributed by atoms with E-state index in [0.717, 1.165) is 22.0 Å². The minimum atomic E-state index is -0.441. The van der Waals surface area contributed by atoms with Gasteiger partial charge in [0.1, 0.15) is 5.69 Å². The van der Waals surface area contributed by atoms with Gasteiger partial charge in [0, 0.05) is 21.9 Å². The molecule has 0 atom stereocenters. The summed E-state index contributed by atoms with van der Waals surface area (Å²) in [6, 6.07) is 18.0. The molecule has 0 fully saturated rings. The van der Waals surface area contributed by atoms with E-state index in [4.69, 9.17) is 0 Å². The van der Waals surface area contributed by atoms with Crippen LogP contribution in [0.5, 0.6) is 0 Å². The minimum absolute atomic E-state index is 0.261. The fourth-order valence-electron chi connectivity index (χ4n) is 2.72. The molecule has 5 heteroatoms. The lowest BCUT2D eigenvalue weighted by Gasteiger charge is -2.10. The molecule has 0 bridgehead atoms. The second-order valence-corrected chi connectivity index (χ2v) is 7.03. The van der Waals surface area contributed by atoms with E-state index in [1.54, 1.807) is 6.07 Å². The number of nitrogens with zero attached hydrogens (tertiary/aromatic N) is 1. The number of benzene rings is 2. The van der Waals surface area contributed by atoms with Gasteiger partial charge in [-0.3, -0.25) is 9.18 Å². The molecule has 25 heavy (non-hydrogen) atoms. The van der Waals surface area contributed by atoms with Crippen molar-refractivity contribution in [3.63, 3.8) is 0 Å². The largest absolute Gasteiger partial charge is 0.351 e. The van der Waals surface area contributed by atoms with E-state index in [0.29, 0.717) is 25.1 Å². The first-order chi connectivity index (χ1) is 12.2. The summed E-state index contributed by atoms with van der Waals surface area (Å²) in [5.41, 5.74) is 2.40. The normalized spacial score (nSPS) is 10.8. The van der Waals surface area contributed by atoms with Crippen molar-refractivity contribution < 1.29 is 9.18 Å². The summed E-state index contributed by atoms with van der Waals surface area (Å²) in [6.45, 7) is -0.126. The van der Waals surface area contributed by atoms with Gasteiger partial charge in [0.15, 0.2) is 0 Å². The van der Waals surface area contributed by atoms with Gasteiger partial charge in [-0.15, -0.1) is 0 Å². The van der Waals surface area contributed by atoms with Gasteiger partial charge in [-0.25, -0.2) is 4.98 Å². The maximum absolute atomic E-state index is 12.3. The first kappa shape index (κ1) is 17.8. The minimum Gasteiger partial charge on any atom is -0.351 e. The summed E-state index contributed by atoms with van der Waals surface area (Å²) in [4.78, 5) is 16.9.